The highest BCUT2D eigenvalue weighted by Gasteiger charge is 2.11. The molecule has 0 radical (unpaired) electrons. The molecule has 2 aromatic carbocycles. The Morgan fingerprint density at radius 2 is 1.96 bits per heavy atom. The van der Waals surface area contributed by atoms with Crippen molar-refractivity contribution in [1.29, 1.82) is 5.26 Å². The highest BCUT2D eigenvalue weighted by Crippen LogP contribution is 2.35. The first kappa shape index (κ1) is 18.2. The largest absolute Gasteiger partial charge is 0.480 e. The fraction of sp³-hybridized carbons (Fsp3) is 0.0588. The molecular weight excluding hydrogens is 445 g/mol. The maximum atomic E-state index is 13.3. The van der Waals surface area contributed by atoms with Gasteiger partial charge in [-0.3, -0.25) is 0 Å². The molecule has 0 heterocycles. The van der Waals surface area contributed by atoms with Crippen LogP contribution in [0.25, 0.3) is 11.6 Å². The van der Waals surface area contributed by atoms with Gasteiger partial charge in [0.1, 0.15) is 11.6 Å². The number of benzene rings is 2. The van der Waals surface area contributed by atoms with E-state index in [2.05, 4.69) is 31.9 Å². The van der Waals surface area contributed by atoms with Gasteiger partial charge in [-0.1, -0.05) is 12.1 Å². The Balaban J connectivity index is 2.38. The smallest absolute Gasteiger partial charge is 0.341 e. The summed E-state index contributed by atoms with van der Waals surface area (Å²) in [6.45, 7) is -0.473. The minimum absolute atomic E-state index is 0.299. The van der Waals surface area contributed by atoms with Crippen molar-refractivity contribution in [3.05, 3.63) is 62.3 Å². The maximum absolute atomic E-state index is 13.3. The Hall–Kier alpha value is -2.17. The van der Waals surface area contributed by atoms with E-state index in [0.717, 1.165) is 0 Å². The van der Waals surface area contributed by atoms with Crippen LogP contribution in [0.4, 0.5) is 4.39 Å². The zero-order valence-electron chi connectivity index (χ0n) is 12.1. The Labute approximate surface area is 154 Å². The lowest BCUT2D eigenvalue weighted by atomic mass is 10.0. The molecule has 0 saturated carbocycles. The van der Waals surface area contributed by atoms with Crippen LogP contribution in [0.3, 0.4) is 0 Å². The first-order valence-electron chi connectivity index (χ1n) is 6.62. The molecule has 0 aliphatic heterocycles. The lowest BCUT2D eigenvalue weighted by molar-refractivity contribution is -0.139. The zero-order chi connectivity index (χ0) is 17.7. The van der Waals surface area contributed by atoms with E-state index in [9.17, 15) is 14.4 Å². The molecule has 0 fully saturated rings. The summed E-state index contributed by atoms with van der Waals surface area (Å²) >= 11 is 6.62. The number of hydrogen-bond acceptors (Lipinski definition) is 3. The van der Waals surface area contributed by atoms with Gasteiger partial charge < -0.3 is 9.84 Å². The van der Waals surface area contributed by atoms with Crippen molar-refractivity contribution in [2.45, 2.75) is 0 Å². The fourth-order valence-corrected chi connectivity index (χ4v) is 3.39. The van der Waals surface area contributed by atoms with E-state index >= 15 is 0 Å². The molecule has 0 aromatic heterocycles. The summed E-state index contributed by atoms with van der Waals surface area (Å²) < 4.78 is 19.6. The van der Waals surface area contributed by atoms with E-state index in [1.54, 1.807) is 24.3 Å². The maximum Gasteiger partial charge on any atom is 0.341 e. The van der Waals surface area contributed by atoms with Crippen LogP contribution >= 0.6 is 31.9 Å². The summed E-state index contributed by atoms with van der Waals surface area (Å²) in [5.74, 6) is -1.16. The van der Waals surface area contributed by atoms with E-state index in [1.165, 1.54) is 18.2 Å². The van der Waals surface area contributed by atoms with Crippen LogP contribution in [0, 0.1) is 17.1 Å². The van der Waals surface area contributed by atoms with Crippen molar-refractivity contribution in [2.24, 2.45) is 0 Å². The molecule has 122 valence electrons. The van der Waals surface area contributed by atoms with Crippen LogP contribution in [0.5, 0.6) is 5.75 Å². The number of rotatable bonds is 5. The van der Waals surface area contributed by atoms with Gasteiger partial charge in [0.05, 0.1) is 20.6 Å². The second-order valence-corrected chi connectivity index (χ2v) is 6.38. The van der Waals surface area contributed by atoms with Crippen LogP contribution in [0.15, 0.2) is 45.3 Å². The number of carboxylic acids is 1. The van der Waals surface area contributed by atoms with E-state index in [-0.39, 0.29) is 0 Å². The van der Waals surface area contributed by atoms with E-state index < -0.39 is 18.4 Å². The van der Waals surface area contributed by atoms with Crippen LogP contribution in [0.2, 0.25) is 0 Å². The molecule has 0 aliphatic rings. The molecule has 0 saturated heterocycles. The standard InChI is InChI=1S/C17H10Br2FNO3/c18-14-5-10(6-15(19)17(14)24-9-16(22)23)4-12(8-21)11-2-1-3-13(20)7-11/h1-7H,9H2,(H,22,23)/b12-4-. The van der Waals surface area contributed by atoms with Gasteiger partial charge in [0, 0.05) is 0 Å². The Morgan fingerprint density at radius 3 is 2.50 bits per heavy atom. The fourth-order valence-electron chi connectivity index (χ4n) is 1.94. The third-order valence-corrected chi connectivity index (χ3v) is 4.11. The third-order valence-electron chi connectivity index (χ3n) is 2.93. The Bertz CT molecular complexity index is 836. The van der Waals surface area contributed by atoms with E-state index in [0.29, 0.717) is 31.4 Å². The molecular formula is C17H10Br2FNO3. The van der Waals surface area contributed by atoms with Crippen molar-refractivity contribution in [1.82, 2.24) is 0 Å². The van der Waals surface area contributed by atoms with E-state index in [1.807, 2.05) is 6.07 Å². The van der Waals surface area contributed by atoms with Crippen LogP contribution in [-0.2, 0) is 4.79 Å². The van der Waals surface area contributed by atoms with Crippen LogP contribution in [-0.4, -0.2) is 17.7 Å². The number of nitrogens with zero attached hydrogens (tertiary/aromatic N) is 1. The number of carboxylic acid groups (broad SMARTS) is 1. The zero-order valence-corrected chi connectivity index (χ0v) is 15.3. The monoisotopic (exact) mass is 453 g/mol. The van der Waals surface area contributed by atoms with Gasteiger partial charge in [0.25, 0.3) is 0 Å². The molecule has 7 heteroatoms. The average molecular weight is 455 g/mol. The molecule has 2 aromatic rings. The van der Waals surface area contributed by atoms with Gasteiger partial charge in [0.2, 0.25) is 0 Å². The summed E-state index contributed by atoms with van der Waals surface area (Å²) in [6.07, 6.45) is 1.60. The number of halogens is 3. The quantitative estimate of drug-likeness (QED) is 0.516. The number of carbonyl (C=O) groups is 1. The summed E-state index contributed by atoms with van der Waals surface area (Å²) in [7, 11) is 0. The number of ether oxygens (including phenoxy) is 1. The molecule has 0 spiro atoms. The molecule has 0 unspecified atom stereocenters. The number of nitriles is 1. The minimum Gasteiger partial charge on any atom is -0.480 e. The van der Waals surface area contributed by atoms with E-state index in [4.69, 9.17) is 9.84 Å². The lowest BCUT2D eigenvalue weighted by Gasteiger charge is -2.10. The van der Waals surface area contributed by atoms with Crippen molar-refractivity contribution >= 4 is 49.5 Å². The van der Waals surface area contributed by atoms with Gasteiger partial charge >= 0.3 is 5.97 Å². The summed E-state index contributed by atoms with van der Waals surface area (Å²) in [5.41, 5.74) is 1.43. The molecule has 4 nitrogen and oxygen atoms in total. The highest BCUT2D eigenvalue weighted by molar-refractivity contribution is 9.11. The Kier molecular flexibility index (Phi) is 6.12. The van der Waals surface area contributed by atoms with Crippen LogP contribution in [0.1, 0.15) is 11.1 Å². The molecule has 0 amide bonds. The average Bonchev–Trinajstić information content (AvgIpc) is 2.51. The summed E-state index contributed by atoms with van der Waals surface area (Å²) in [4.78, 5) is 10.6. The lowest BCUT2D eigenvalue weighted by Crippen LogP contribution is -2.10. The summed E-state index contributed by atoms with van der Waals surface area (Å²) in [6, 6.07) is 11.2. The molecule has 0 atom stereocenters. The van der Waals surface area contributed by atoms with Gasteiger partial charge in [-0.15, -0.1) is 0 Å². The number of aliphatic carboxylic acids is 1. The van der Waals surface area contributed by atoms with Gasteiger partial charge in [-0.2, -0.15) is 5.26 Å². The van der Waals surface area contributed by atoms with Crippen molar-refractivity contribution in [2.75, 3.05) is 6.61 Å². The molecule has 0 bridgehead atoms. The second kappa shape index (κ2) is 8.08. The first-order chi connectivity index (χ1) is 11.4. The van der Waals surface area contributed by atoms with Crippen molar-refractivity contribution < 1.29 is 19.0 Å². The highest BCUT2D eigenvalue weighted by atomic mass is 79.9. The van der Waals surface area contributed by atoms with Gasteiger partial charge in [-0.05, 0) is 73.3 Å². The summed E-state index contributed by atoms with van der Waals surface area (Å²) in [5, 5.41) is 18.0. The van der Waals surface area contributed by atoms with Crippen molar-refractivity contribution in [3.8, 4) is 11.8 Å². The topological polar surface area (TPSA) is 70.3 Å². The number of hydrogen-bond donors (Lipinski definition) is 1. The Morgan fingerprint density at radius 1 is 1.29 bits per heavy atom. The molecule has 1 N–H and O–H groups in total. The first-order valence-corrected chi connectivity index (χ1v) is 8.20. The molecule has 2 rings (SSSR count). The molecule has 24 heavy (non-hydrogen) atoms. The SMILES string of the molecule is N#C/C(=C/c1cc(Br)c(OCC(=O)O)c(Br)c1)c1cccc(F)c1. The van der Waals surface area contributed by atoms with Crippen LogP contribution < -0.4 is 4.74 Å². The van der Waals surface area contributed by atoms with Crippen molar-refractivity contribution in [3.63, 3.8) is 0 Å². The van der Waals surface area contributed by atoms with Gasteiger partial charge in [0.15, 0.2) is 6.61 Å². The second-order valence-electron chi connectivity index (χ2n) is 4.68. The van der Waals surface area contributed by atoms with Gasteiger partial charge in [-0.25, -0.2) is 9.18 Å². The third kappa shape index (κ3) is 4.66. The molecule has 0 aliphatic carbocycles. The minimum atomic E-state index is -1.09. The number of allylic oxidation sites excluding steroid dienone is 1. The predicted octanol–water partition coefficient (Wildman–Crippen LogP) is 4.88. The normalized spacial score (nSPS) is 11.0. The predicted molar refractivity (Wildman–Crippen MR) is 94.9 cm³/mol.